The van der Waals surface area contributed by atoms with Gasteiger partial charge in [-0.25, -0.2) is 8.42 Å². The van der Waals surface area contributed by atoms with Crippen LogP contribution in [0.15, 0.2) is 46.8 Å². The molecule has 2 aromatic heterocycles. The third kappa shape index (κ3) is 3.62. The highest BCUT2D eigenvalue weighted by Gasteiger charge is 2.25. The van der Waals surface area contributed by atoms with Gasteiger partial charge < -0.3 is 0 Å². The van der Waals surface area contributed by atoms with Gasteiger partial charge in [-0.15, -0.1) is 11.3 Å². The summed E-state index contributed by atoms with van der Waals surface area (Å²) in [5, 5.41) is 6.42. The maximum Gasteiger partial charge on any atom is 0.265 e. The van der Waals surface area contributed by atoms with Crippen LogP contribution in [0.25, 0.3) is 10.6 Å². The number of hydrogen-bond acceptors (Lipinski definition) is 4. The summed E-state index contributed by atoms with van der Waals surface area (Å²) in [7, 11) is -3.75. The van der Waals surface area contributed by atoms with Crippen molar-refractivity contribution in [2.75, 3.05) is 4.72 Å². The van der Waals surface area contributed by atoms with Crippen LogP contribution in [0.5, 0.6) is 0 Å². The largest absolute Gasteiger partial charge is 0.279 e. The maximum atomic E-state index is 13.1. The minimum Gasteiger partial charge on any atom is -0.279 e. The van der Waals surface area contributed by atoms with Crippen LogP contribution in [0.3, 0.4) is 0 Å². The van der Waals surface area contributed by atoms with Gasteiger partial charge in [-0.05, 0) is 56.3 Å². The van der Waals surface area contributed by atoms with Crippen molar-refractivity contribution < 1.29 is 8.42 Å². The average Bonchev–Trinajstić information content (AvgIpc) is 3.19. The van der Waals surface area contributed by atoms with Gasteiger partial charge in [0.05, 0.1) is 10.6 Å². The van der Waals surface area contributed by atoms with Crippen LogP contribution >= 0.6 is 11.3 Å². The molecule has 25 heavy (non-hydrogen) atoms. The predicted octanol–water partition coefficient (Wildman–Crippen LogP) is 4.61. The van der Waals surface area contributed by atoms with Crippen molar-refractivity contribution >= 4 is 27.0 Å². The van der Waals surface area contributed by atoms with Gasteiger partial charge in [-0.2, -0.15) is 5.10 Å². The van der Waals surface area contributed by atoms with Crippen LogP contribution in [0.1, 0.15) is 31.0 Å². The molecule has 0 saturated heterocycles. The first-order valence-corrected chi connectivity index (χ1v) is 10.4. The van der Waals surface area contributed by atoms with Crippen molar-refractivity contribution in [3.8, 4) is 10.6 Å². The number of anilines is 1. The normalized spacial score (nSPS) is 11.9. The zero-order valence-corrected chi connectivity index (χ0v) is 16.3. The van der Waals surface area contributed by atoms with E-state index in [9.17, 15) is 8.42 Å². The van der Waals surface area contributed by atoms with Crippen molar-refractivity contribution in [3.63, 3.8) is 0 Å². The second kappa shape index (κ2) is 6.65. The molecule has 0 bridgehead atoms. The first kappa shape index (κ1) is 17.7. The van der Waals surface area contributed by atoms with E-state index in [2.05, 4.69) is 9.82 Å². The van der Waals surface area contributed by atoms with Crippen molar-refractivity contribution in [2.24, 2.45) is 0 Å². The number of thiophene rings is 1. The Hall–Kier alpha value is -2.12. The molecule has 5 nitrogen and oxygen atoms in total. The van der Waals surface area contributed by atoms with Gasteiger partial charge in [0.1, 0.15) is 10.6 Å². The van der Waals surface area contributed by atoms with Crippen LogP contribution < -0.4 is 4.72 Å². The molecule has 0 radical (unpaired) electrons. The molecule has 3 rings (SSSR count). The highest BCUT2D eigenvalue weighted by Crippen LogP contribution is 2.32. The molecule has 0 aliphatic carbocycles. The number of aryl methyl sites for hydroxylation is 2. The van der Waals surface area contributed by atoms with Gasteiger partial charge in [0.15, 0.2) is 0 Å². The van der Waals surface area contributed by atoms with Gasteiger partial charge in [0, 0.05) is 12.2 Å². The van der Waals surface area contributed by atoms with Crippen molar-refractivity contribution in [1.82, 2.24) is 9.78 Å². The summed E-state index contributed by atoms with van der Waals surface area (Å²) in [6.07, 6.45) is 1.60. The van der Waals surface area contributed by atoms with Crippen LogP contribution in [0.2, 0.25) is 0 Å². The molecular weight excluding hydrogens is 354 g/mol. The number of sulfonamides is 1. The number of benzene rings is 1. The van der Waals surface area contributed by atoms with E-state index in [-0.39, 0.29) is 10.9 Å². The summed E-state index contributed by atoms with van der Waals surface area (Å²) in [5.74, 6) is 0. The highest BCUT2D eigenvalue weighted by molar-refractivity contribution is 7.92. The quantitative estimate of drug-likeness (QED) is 0.708. The molecule has 1 aromatic carbocycles. The Morgan fingerprint density at radius 1 is 1.20 bits per heavy atom. The zero-order valence-electron chi connectivity index (χ0n) is 14.6. The second-order valence-corrected chi connectivity index (χ2v) is 8.92. The maximum absolute atomic E-state index is 13.1. The summed E-state index contributed by atoms with van der Waals surface area (Å²) in [6.45, 7) is 7.76. The molecule has 0 saturated carbocycles. The SMILES string of the molecule is Cc1ccc(C)c(NS(=O)(=O)c2cn(C(C)C)nc2-c2cccs2)c1. The first-order chi connectivity index (χ1) is 11.8. The smallest absolute Gasteiger partial charge is 0.265 e. The van der Waals surface area contributed by atoms with E-state index in [1.165, 1.54) is 11.3 Å². The predicted molar refractivity (Wildman–Crippen MR) is 103 cm³/mol. The Morgan fingerprint density at radius 2 is 1.96 bits per heavy atom. The molecule has 0 unspecified atom stereocenters. The lowest BCUT2D eigenvalue weighted by Gasteiger charge is -2.11. The number of nitrogens with zero attached hydrogens (tertiary/aromatic N) is 2. The molecular formula is C18H21N3O2S2. The zero-order chi connectivity index (χ0) is 18.2. The number of nitrogens with one attached hydrogen (secondary N) is 1. The Bertz CT molecular complexity index is 988. The van der Waals surface area contributed by atoms with Gasteiger partial charge in [0.2, 0.25) is 0 Å². The van der Waals surface area contributed by atoms with E-state index < -0.39 is 10.0 Å². The van der Waals surface area contributed by atoms with E-state index in [0.717, 1.165) is 16.0 Å². The monoisotopic (exact) mass is 375 g/mol. The molecule has 2 heterocycles. The Balaban J connectivity index is 2.09. The topological polar surface area (TPSA) is 64.0 Å². The lowest BCUT2D eigenvalue weighted by Crippen LogP contribution is -2.14. The minimum absolute atomic E-state index is 0.0726. The summed E-state index contributed by atoms with van der Waals surface area (Å²) in [5.41, 5.74) is 2.96. The van der Waals surface area contributed by atoms with Crippen molar-refractivity contribution in [2.45, 2.75) is 38.6 Å². The van der Waals surface area contributed by atoms with Crippen LogP contribution in [0, 0.1) is 13.8 Å². The third-order valence-electron chi connectivity index (χ3n) is 3.91. The Morgan fingerprint density at radius 3 is 2.60 bits per heavy atom. The minimum atomic E-state index is -3.75. The van der Waals surface area contributed by atoms with E-state index in [0.29, 0.717) is 11.4 Å². The first-order valence-electron chi connectivity index (χ1n) is 8.01. The highest BCUT2D eigenvalue weighted by atomic mass is 32.2. The lowest BCUT2D eigenvalue weighted by molar-refractivity contribution is 0.532. The number of aromatic nitrogens is 2. The molecule has 0 spiro atoms. The molecule has 132 valence electrons. The van der Waals surface area contributed by atoms with Crippen molar-refractivity contribution in [3.05, 3.63) is 53.0 Å². The molecule has 1 N–H and O–H groups in total. The Labute approximate surface area is 152 Å². The molecule has 7 heteroatoms. The second-order valence-electron chi connectivity index (χ2n) is 6.32. The molecule has 0 atom stereocenters. The standard InChI is InChI=1S/C18H21N3O2S2/c1-12(2)21-11-17(18(19-21)16-6-5-9-24-16)25(22,23)20-15-10-13(3)7-8-14(15)4/h5-12,20H,1-4H3. The molecule has 0 fully saturated rings. The van der Waals surface area contributed by atoms with E-state index in [4.69, 9.17) is 0 Å². The summed E-state index contributed by atoms with van der Waals surface area (Å²) in [4.78, 5) is 1.03. The van der Waals surface area contributed by atoms with Crippen molar-refractivity contribution in [1.29, 1.82) is 0 Å². The van der Waals surface area contributed by atoms with Crippen LogP contribution in [-0.4, -0.2) is 18.2 Å². The molecule has 0 aliphatic rings. The fraction of sp³-hybridized carbons (Fsp3) is 0.278. The summed E-state index contributed by atoms with van der Waals surface area (Å²) in [6, 6.07) is 9.55. The van der Waals surface area contributed by atoms with Crippen LogP contribution in [0.4, 0.5) is 5.69 Å². The molecule has 0 aliphatic heterocycles. The average molecular weight is 376 g/mol. The fourth-order valence-corrected chi connectivity index (χ4v) is 4.53. The number of rotatable bonds is 5. The van der Waals surface area contributed by atoms with Gasteiger partial charge in [-0.1, -0.05) is 18.2 Å². The Kier molecular flexibility index (Phi) is 4.71. The van der Waals surface area contributed by atoms with Gasteiger partial charge in [-0.3, -0.25) is 9.40 Å². The van der Waals surface area contributed by atoms with E-state index in [1.54, 1.807) is 10.9 Å². The van der Waals surface area contributed by atoms with E-state index in [1.807, 2.05) is 63.4 Å². The molecule has 3 aromatic rings. The summed E-state index contributed by atoms with van der Waals surface area (Å²) < 4.78 is 30.5. The fourth-order valence-electron chi connectivity index (χ4n) is 2.47. The third-order valence-corrected chi connectivity index (χ3v) is 6.15. The molecule has 0 amide bonds. The van der Waals surface area contributed by atoms with Crippen LogP contribution in [-0.2, 0) is 10.0 Å². The number of hydrogen-bond donors (Lipinski definition) is 1. The summed E-state index contributed by atoms with van der Waals surface area (Å²) >= 11 is 1.48. The van der Waals surface area contributed by atoms with Gasteiger partial charge in [0.25, 0.3) is 10.0 Å². The van der Waals surface area contributed by atoms with Gasteiger partial charge >= 0.3 is 0 Å². The lowest BCUT2D eigenvalue weighted by atomic mass is 10.1. The van der Waals surface area contributed by atoms with E-state index >= 15 is 0 Å².